The van der Waals surface area contributed by atoms with E-state index in [-0.39, 0.29) is 0 Å². The molecule has 0 N–H and O–H groups in total. The summed E-state index contributed by atoms with van der Waals surface area (Å²) in [5.74, 6) is 0. The van der Waals surface area contributed by atoms with Crippen molar-refractivity contribution < 1.29 is 0 Å². The molecule has 0 heterocycles. The van der Waals surface area contributed by atoms with Gasteiger partial charge in [0.2, 0.25) is 0 Å². The van der Waals surface area contributed by atoms with Gasteiger partial charge in [-0.05, 0) is 32.1 Å². The molecule has 0 aromatic rings. The van der Waals surface area contributed by atoms with Gasteiger partial charge < -0.3 is 0 Å². The van der Waals surface area contributed by atoms with Crippen molar-refractivity contribution in [2.45, 2.75) is 33.6 Å². The Labute approximate surface area is 83.1 Å². The van der Waals surface area contributed by atoms with Crippen LogP contribution < -0.4 is 0 Å². The van der Waals surface area contributed by atoms with Crippen LogP contribution in [0.25, 0.3) is 0 Å². The van der Waals surface area contributed by atoms with Gasteiger partial charge >= 0.3 is 0 Å². The zero-order valence-electron chi connectivity index (χ0n) is 8.48. The van der Waals surface area contributed by atoms with Crippen LogP contribution in [-0.2, 0) is 0 Å². The molecule has 0 fully saturated rings. The molecule has 0 aliphatic heterocycles. The third-order valence-electron chi connectivity index (χ3n) is 1.90. The average molecular weight is 202 g/mol. The van der Waals surface area contributed by atoms with Gasteiger partial charge in [-0.15, -0.1) is 21.0 Å². The lowest BCUT2D eigenvalue weighted by atomic mass is 10.2. The second kappa shape index (κ2) is 6.74. The van der Waals surface area contributed by atoms with E-state index in [9.17, 15) is 0 Å². The molecule has 0 aromatic carbocycles. The predicted molar refractivity (Wildman–Crippen MR) is 64.6 cm³/mol. The summed E-state index contributed by atoms with van der Waals surface area (Å²) in [6.45, 7) is 6.59. The minimum atomic E-state index is 1.12. The van der Waals surface area contributed by atoms with E-state index < -0.39 is 0 Å². The maximum atomic E-state index is 2.79. The van der Waals surface area contributed by atoms with Crippen molar-refractivity contribution in [3.63, 3.8) is 0 Å². The quantitative estimate of drug-likeness (QED) is 0.486. The summed E-state index contributed by atoms with van der Waals surface area (Å²) < 4.78 is 0. The minimum Gasteiger partial charge on any atom is -0.130 e. The molecule has 0 aliphatic carbocycles. The van der Waals surface area contributed by atoms with Gasteiger partial charge in [0.25, 0.3) is 0 Å². The Morgan fingerprint density at radius 2 is 1.92 bits per heavy atom. The number of allylic oxidation sites excluding steroid dienone is 3. The van der Waals surface area contributed by atoms with E-state index in [0.717, 1.165) is 12.8 Å². The normalized spacial score (nSPS) is 14.6. The largest absolute Gasteiger partial charge is 0.130 e. The number of rotatable bonds is 4. The van der Waals surface area contributed by atoms with Crippen molar-refractivity contribution >= 4 is 21.0 Å². The molecule has 70 valence electrons. The Morgan fingerprint density at radius 1 is 1.33 bits per heavy atom. The van der Waals surface area contributed by atoms with Crippen LogP contribution in [0.1, 0.15) is 33.6 Å². The van der Waals surface area contributed by atoms with Crippen molar-refractivity contribution in [2.24, 2.45) is 0 Å². The van der Waals surface area contributed by atoms with Crippen LogP contribution in [0.15, 0.2) is 21.9 Å². The maximum absolute atomic E-state index is 2.79. The highest BCUT2D eigenvalue weighted by Crippen LogP contribution is 2.24. The van der Waals surface area contributed by atoms with Crippen LogP contribution in [0.5, 0.6) is 0 Å². The molecule has 12 heavy (non-hydrogen) atoms. The fraction of sp³-hybridized carbons (Fsp3) is 0.600. The molecule has 0 nitrogen and oxygen atoms in total. The smallest absolute Gasteiger partial charge is 0.00611 e. The minimum absolute atomic E-state index is 1.12. The predicted octanol–water partition coefficient (Wildman–Crippen LogP) is 4.20. The van der Waals surface area contributed by atoms with Gasteiger partial charge in [-0.1, -0.05) is 24.7 Å². The topological polar surface area (TPSA) is 0 Å². The van der Waals surface area contributed by atoms with Gasteiger partial charge in [0.15, 0.2) is 0 Å². The number of hydrogen-bond acceptors (Lipinski definition) is 1. The summed E-state index contributed by atoms with van der Waals surface area (Å²) >= 11 is 1.84. The Morgan fingerprint density at radius 3 is 2.25 bits per heavy atom. The van der Waals surface area contributed by atoms with E-state index >= 15 is 0 Å². The van der Waals surface area contributed by atoms with Gasteiger partial charge in [-0.3, -0.25) is 0 Å². The van der Waals surface area contributed by atoms with E-state index in [0.29, 0.717) is 0 Å². The molecule has 0 spiro atoms. The molecule has 1 atom stereocenters. The highest BCUT2D eigenvalue weighted by molar-refractivity contribution is 8.02. The monoisotopic (exact) mass is 202 g/mol. The highest BCUT2D eigenvalue weighted by atomic mass is 32.2. The summed E-state index contributed by atoms with van der Waals surface area (Å²) in [6.07, 6.45) is 6.67. The standard InChI is InChI=1S/C10H19PS/c1-5-8(3)10(12-4)7-9(11)6-2/h7H,5-6,11H2,1-4H3/b9-7+,10-8+. The molecule has 0 amide bonds. The Kier molecular flexibility index (Phi) is 6.89. The summed E-state index contributed by atoms with van der Waals surface area (Å²) in [5.41, 5.74) is 1.48. The van der Waals surface area contributed by atoms with E-state index in [1.165, 1.54) is 15.8 Å². The molecule has 0 aliphatic rings. The first-order valence-corrected chi connectivity index (χ1v) is 6.15. The SMILES string of the molecule is CC/C(P)=C\C(SC)=C(\C)CC. The maximum Gasteiger partial charge on any atom is 0.00611 e. The van der Waals surface area contributed by atoms with Crippen LogP contribution in [-0.4, -0.2) is 6.26 Å². The van der Waals surface area contributed by atoms with Gasteiger partial charge in [-0.25, -0.2) is 0 Å². The highest BCUT2D eigenvalue weighted by Gasteiger charge is 1.96. The van der Waals surface area contributed by atoms with Crippen molar-refractivity contribution in [1.29, 1.82) is 0 Å². The van der Waals surface area contributed by atoms with Crippen LogP contribution in [0, 0.1) is 0 Å². The zero-order valence-corrected chi connectivity index (χ0v) is 10.4. The Hall–Kier alpha value is 0.260. The van der Waals surface area contributed by atoms with E-state index in [1.54, 1.807) is 0 Å². The molecule has 0 radical (unpaired) electrons. The molecule has 2 heteroatoms. The van der Waals surface area contributed by atoms with Crippen LogP contribution in [0.4, 0.5) is 0 Å². The number of hydrogen-bond donors (Lipinski definition) is 0. The third kappa shape index (κ3) is 4.33. The molecule has 0 saturated heterocycles. The van der Waals surface area contributed by atoms with E-state index in [2.05, 4.69) is 42.3 Å². The molecule has 0 saturated carbocycles. The van der Waals surface area contributed by atoms with Crippen LogP contribution in [0.2, 0.25) is 0 Å². The van der Waals surface area contributed by atoms with E-state index in [1.807, 2.05) is 11.8 Å². The molecule has 0 rings (SSSR count). The molecular formula is C10H19PS. The van der Waals surface area contributed by atoms with Crippen molar-refractivity contribution in [3.05, 3.63) is 21.9 Å². The molecule has 0 aromatic heterocycles. The molecule has 0 bridgehead atoms. The lowest BCUT2D eigenvalue weighted by molar-refractivity contribution is 1.09. The molecular weight excluding hydrogens is 183 g/mol. The number of thioether (sulfide) groups is 1. The second-order valence-electron chi connectivity index (χ2n) is 2.78. The molecule has 1 unspecified atom stereocenters. The average Bonchev–Trinajstić information content (AvgIpc) is 2.12. The fourth-order valence-electron chi connectivity index (χ4n) is 0.801. The van der Waals surface area contributed by atoms with Gasteiger partial charge in [0, 0.05) is 4.91 Å². The first-order chi connectivity index (χ1) is 5.65. The van der Waals surface area contributed by atoms with Crippen molar-refractivity contribution in [1.82, 2.24) is 0 Å². The van der Waals surface area contributed by atoms with Crippen LogP contribution >= 0.6 is 21.0 Å². The van der Waals surface area contributed by atoms with Gasteiger partial charge in [0.1, 0.15) is 0 Å². The van der Waals surface area contributed by atoms with Crippen molar-refractivity contribution in [3.8, 4) is 0 Å². The summed E-state index contributed by atoms with van der Waals surface area (Å²) in [4.78, 5) is 1.42. The van der Waals surface area contributed by atoms with Crippen LogP contribution in [0.3, 0.4) is 0 Å². The summed E-state index contributed by atoms with van der Waals surface area (Å²) in [7, 11) is 2.79. The lowest BCUT2D eigenvalue weighted by Crippen LogP contribution is -1.80. The second-order valence-corrected chi connectivity index (χ2v) is 4.36. The van der Waals surface area contributed by atoms with Gasteiger partial charge in [-0.2, -0.15) is 0 Å². The van der Waals surface area contributed by atoms with Crippen molar-refractivity contribution in [2.75, 3.05) is 6.26 Å². The van der Waals surface area contributed by atoms with E-state index in [4.69, 9.17) is 0 Å². The first-order valence-electron chi connectivity index (χ1n) is 4.35. The zero-order chi connectivity index (χ0) is 9.56. The summed E-state index contributed by atoms with van der Waals surface area (Å²) in [6, 6.07) is 0. The lowest BCUT2D eigenvalue weighted by Gasteiger charge is -2.04. The third-order valence-corrected chi connectivity index (χ3v) is 3.38. The first kappa shape index (κ1) is 12.3. The Balaban J connectivity index is 4.57. The fourth-order valence-corrected chi connectivity index (χ4v) is 1.85. The Bertz CT molecular complexity index is 192. The summed E-state index contributed by atoms with van der Waals surface area (Å²) in [5, 5.41) is 1.38. The van der Waals surface area contributed by atoms with Gasteiger partial charge in [0.05, 0.1) is 0 Å².